The fourth-order valence-electron chi connectivity index (χ4n) is 3.20. The first-order valence-corrected chi connectivity index (χ1v) is 8.98. The van der Waals surface area contributed by atoms with Crippen molar-refractivity contribution in [2.24, 2.45) is 10.9 Å². The lowest BCUT2D eigenvalue weighted by Crippen LogP contribution is -2.41. The van der Waals surface area contributed by atoms with Crippen LogP contribution in [0.3, 0.4) is 0 Å². The smallest absolute Gasteiger partial charge is 0.190 e. The number of hydrogen-bond acceptors (Lipinski definition) is 2. The Balaban J connectivity index is 1.49. The predicted octanol–water partition coefficient (Wildman–Crippen LogP) is 2.61. The van der Waals surface area contributed by atoms with Gasteiger partial charge in [0, 0.05) is 32.7 Å². The minimum atomic E-state index is 0.776. The van der Waals surface area contributed by atoms with Crippen LogP contribution in [0.4, 0.5) is 0 Å². The van der Waals surface area contributed by atoms with Crippen LogP contribution in [0.15, 0.2) is 4.99 Å². The second-order valence-corrected chi connectivity index (χ2v) is 6.75. The number of aliphatic imine (C=N–C) groups is 1. The van der Waals surface area contributed by atoms with E-state index in [2.05, 4.69) is 27.4 Å². The molecule has 0 spiro atoms. The molecule has 0 aromatic carbocycles. The second kappa shape index (κ2) is 9.29. The zero-order valence-electron chi connectivity index (χ0n) is 14.0. The molecule has 0 radical (unpaired) electrons. The molecule has 1 saturated heterocycles. The molecular formula is C17H34N4. The number of nitrogens with zero attached hydrogens (tertiary/aromatic N) is 2. The summed E-state index contributed by atoms with van der Waals surface area (Å²) in [5.41, 5.74) is 0. The van der Waals surface area contributed by atoms with Crippen molar-refractivity contribution in [1.29, 1.82) is 0 Å². The van der Waals surface area contributed by atoms with Crippen LogP contribution in [0.25, 0.3) is 0 Å². The van der Waals surface area contributed by atoms with Gasteiger partial charge in [-0.05, 0) is 51.5 Å². The van der Waals surface area contributed by atoms with Crippen LogP contribution in [0.1, 0.15) is 58.3 Å². The van der Waals surface area contributed by atoms with Gasteiger partial charge in [0.1, 0.15) is 0 Å². The summed E-state index contributed by atoms with van der Waals surface area (Å²) < 4.78 is 0. The zero-order valence-corrected chi connectivity index (χ0v) is 14.0. The van der Waals surface area contributed by atoms with Crippen LogP contribution in [0, 0.1) is 5.92 Å². The molecule has 21 heavy (non-hydrogen) atoms. The molecule has 4 nitrogen and oxygen atoms in total. The first-order chi connectivity index (χ1) is 10.3. The van der Waals surface area contributed by atoms with E-state index in [-0.39, 0.29) is 0 Å². The van der Waals surface area contributed by atoms with E-state index in [1.54, 1.807) is 0 Å². The van der Waals surface area contributed by atoms with Gasteiger partial charge in [-0.2, -0.15) is 0 Å². The Labute approximate surface area is 130 Å². The Kier molecular flexibility index (Phi) is 7.34. The summed E-state index contributed by atoms with van der Waals surface area (Å²) in [7, 11) is 1.86. The van der Waals surface area contributed by atoms with Gasteiger partial charge in [0.25, 0.3) is 0 Å². The Bertz CT molecular complexity index is 312. The molecule has 1 unspecified atom stereocenters. The summed E-state index contributed by atoms with van der Waals surface area (Å²) >= 11 is 0. The molecular weight excluding hydrogens is 260 g/mol. The maximum absolute atomic E-state index is 4.30. The second-order valence-electron chi connectivity index (χ2n) is 6.75. The van der Waals surface area contributed by atoms with Crippen LogP contribution in [0.5, 0.6) is 0 Å². The Morgan fingerprint density at radius 3 is 2.52 bits per heavy atom. The van der Waals surface area contributed by atoms with Crippen molar-refractivity contribution >= 4 is 5.96 Å². The van der Waals surface area contributed by atoms with E-state index in [0.717, 1.165) is 31.0 Å². The van der Waals surface area contributed by atoms with E-state index in [4.69, 9.17) is 0 Å². The summed E-state index contributed by atoms with van der Waals surface area (Å²) in [5, 5.41) is 6.86. The normalized spacial score (nSPS) is 24.1. The van der Waals surface area contributed by atoms with Crippen LogP contribution < -0.4 is 10.6 Å². The number of hydrogen-bond donors (Lipinski definition) is 2. The fourth-order valence-corrected chi connectivity index (χ4v) is 3.20. The van der Waals surface area contributed by atoms with Crippen molar-refractivity contribution < 1.29 is 0 Å². The molecule has 2 aliphatic rings. The number of nitrogens with one attached hydrogen (secondary N) is 2. The SMILES string of the molecule is CN=C(NCCCC1CC1)NCCCN1CCCCC1C. The van der Waals surface area contributed by atoms with Crippen molar-refractivity contribution in [3.63, 3.8) is 0 Å². The minimum Gasteiger partial charge on any atom is -0.356 e. The van der Waals surface area contributed by atoms with Crippen LogP contribution >= 0.6 is 0 Å². The van der Waals surface area contributed by atoms with Gasteiger partial charge in [-0.25, -0.2) is 0 Å². The van der Waals surface area contributed by atoms with Gasteiger partial charge in [-0.1, -0.05) is 19.3 Å². The summed E-state index contributed by atoms with van der Waals surface area (Å²) in [6.07, 6.45) is 10.9. The molecule has 0 bridgehead atoms. The lowest BCUT2D eigenvalue weighted by atomic mass is 10.0. The largest absolute Gasteiger partial charge is 0.356 e. The highest BCUT2D eigenvalue weighted by Gasteiger charge is 2.20. The van der Waals surface area contributed by atoms with Gasteiger partial charge < -0.3 is 15.5 Å². The monoisotopic (exact) mass is 294 g/mol. The molecule has 4 heteroatoms. The number of piperidine rings is 1. The van der Waals surface area contributed by atoms with Crippen LogP contribution in [0.2, 0.25) is 0 Å². The number of likely N-dealkylation sites (tertiary alicyclic amines) is 1. The molecule has 2 fully saturated rings. The molecule has 0 amide bonds. The maximum atomic E-state index is 4.30. The van der Waals surface area contributed by atoms with Gasteiger partial charge in [0.2, 0.25) is 0 Å². The lowest BCUT2D eigenvalue weighted by Gasteiger charge is -2.33. The zero-order chi connectivity index (χ0) is 14.9. The summed E-state index contributed by atoms with van der Waals surface area (Å²) in [6, 6.07) is 0.776. The Morgan fingerprint density at radius 1 is 1.10 bits per heavy atom. The Hall–Kier alpha value is -0.770. The third kappa shape index (κ3) is 6.68. The van der Waals surface area contributed by atoms with Crippen molar-refractivity contribution in [2.75, 3.05) is 33.2 Å². The quantitative estimate of drug-likeness (QED) is 0.411. The van der Waals surface area contributed by atoms with E-state index in [1.807, 2.05) is 7.05 Å². The molecule has 2 rings (SSSR count). The molecule has 1 heterocycles. The third-order valence-corrected chi connectivity index (χ3v) is 4.86. The van der Waals surface area contributed by atoms with E-state index < -0.39 is 0 Å². The molecule has 1 saturated carbocycles. The van der Waals surface area contributed by atoms with Crippen LogP contribution in [-0.2, 0) is 0 Å². The average molecular weight is 294 g/mol. The minimum absolute atomic E-state index is 0.776. The highest BCUT2D eigenvalue weighted by atomic mass is 15.2. The molecule has 1 aliphatic carbocycles. The van der Waals surface area contributed by atoms with Gasteiger partial charge in [0.15, 0.2) is 5.96 Å². The van der Waals surface area contributed by atoms with Crippen LogP contribution in [-0.4, -0.2) is 50.1 Å². The van der Waals surface area contributed by atoms with E-state index in [9.17, 15) is 0 Å². The predicted molar refractivity (Wildman–Crippen MR) is 90.8 cm³/mol. The molecule has 0 aromatic heterocycles. The highest BCUT2D eigenvalue weighted by molar-refractivity contribution is 5.79. The average Bonchev–Trinajstić information content (AvgIpc) is 3.31. The Morgan fingerprint density at radius 2 is 1.86 bits per heavy atom. The summed E-state index contributed by atoms with van der Waals surface area (Å²) in [5.74, 6) is 2.01. The summed E-state index contributed by atoms with van der Waals surface area (Å²) in [6.45, 7) is 6.94. The van der Waals surface area contributed by atoms with E-state index in [1.165, 1.54) is 64.5 Å². The molecule has 1 aliphatic heterocycles. The first-order valence-electron chi connectivity index (χ1n) is 8.98. The topological polar surface area (TPSA) is 39.7 Å². The van der Waals surface area contributed by atoms with Gasteiger partial charge in [0.05, 0.1) is 0 Å². The molecule has 0 aromatic rings. The molecule has 122 valence electrons. The number of rotatable bonds is 8. The number of guanidine groups is 1. The van der Waals surface area contributed by atoms with Gasteiger partial charge in [-0.3, -0.25) is 4.99 Å². The summed E-state index contributed by atoms with van der Waals surface area (Å²) in [4.78, 5) is 6.94. The highest BCUT2D eigenvalue weighted by Crippen LogP contribution is 2.33. The molecule has 2 N–H and O–H groups in total. The van der Waals surface area contributed by atoms with Gasteiger partial charge in [-0.15, -0.1) is 0 Å². The molecule has 1 atom stereocenters. The lowest BCUT2D eigenvalue weighted by molar-refractivity contribution is 0.159. The van der Waals surface area contributed by atoms with E-state index >= 15 is 0 Å². The maximum Gasteiger partial charge on any atom is 0.190 e. The van der Waals surface area contributed by atoms with E-state index in [0.29, 0.717) is 0 Å². The third-order valence-electron chi connectivity index (χ3n) is 4.86. The van der Waals surface area contributed by atoms with Crippen molar-refractivity contribution in [3.8, 4) is 0 Å². The van der Waals surface area contributed by atoms with Gasteiger partial charge >= 0.3 is 0 Å². The van der Waals surface area contributed by atoms with Crippen molar-refractivity contribution in [1.82, 2.24) is 15.5 Å². The standard InChI is InChI=1S/C17H34N4/c1-15-7-3-4-13-21(15)14-6-12-20-17(18-2)19-11-5-8-16-9-10-16/h15-16H,3-14H2,1-2H3,(H2,18,19,20). The van der Waals surface area contributed by atoms with Crippen molar-refractivity contribution in [2.45, 2.75) is 64.3 Å². The fraction of sp³-hybridized carbons (Fsp3) is 0.941. The van der Waals surface area contributed by atoms with Crippen molar-refractivity contribution in [3.05, 3.63) is 0 Å². The first kappa shape index (κ1) is 16.6.